The van der Waals surface area contributed by atoms with Gasteiger partial charge in [0.2, 0.25) is 0 Å². The number of hydrogen-bond donors (Lipinski definition) is 3. The Morgan fingerprint density at radius 3 is 2.94 bits per heavy atom. The van der Waals surface area contributed by atoms with Gasteiger partial charge >= 0.3 is 0 Å². The van der Waals surface area contributed by atoms with Crippen molar-refractivity contribution >= 4 is 15.9 Å². The number of halogens is 1. The van der Waals surface area contributed by atoms with Gasteiger partial charge in [-0.15, -0.1) is 0 Å². The lowest BCUT2D eigenvalue weighted by atomic mass is 10.1. The van der Waals surface area contributed by atoms with Crippen molar-refractivity contribution in [1.82, 2.24) is 5.32 Å². The molecule has 16 heavy (non-hydrogen) atoms. The first kappa shape index (κ1) is 13.6. The van der Waals surface area contributed by atoms with E-state index >= 15 is 0 Å². The molecule has 0 amide bonds. The van der Waals surface area contributed by atoms with Crippen LogP contribution in [0.1, 0.15) is 11.1 Å². The Hall–Kier alpha value is -0.420. The number of rotatable bonds is 6. The summed E-state index contributed by atoms with van der Waals surface area (Å²) in [6.07, 6.45) is 0.976. The van der Waals surface area contributed by atoms with Gasteiger partial charge in [-0.25, -0.2) is 0 Å². The van der Waals surface area contributed by atoms with Gasteiger partial charge in [0, 0.05) is 17.1 Å². The zero-order chi connectivity index (χ0) is 12.0. The molecule has 0 saturated heterocycles. The highest BCUT2D eigenvalue weighted by Crippen LogP contribution is 2.16. The maximum absolute atomic E-state index is 8.76. The third-order valence-corrected chi connectivity index (χ3v) is 3.02. The van der Waals surface area contributed by atoms with Gasteiger partial charge in [-0.3, -0.25) is 0 Å². The molecule has 1 rings (SSSR count). The highest BCUT2D eigenvalue weighted by Gasteiger charge is 2.01. The number of nitrogens with one attached hydrogen (secondary N) is 1. The molecule has 0 spiro atoms. The molecule has 1 atom stereocenters. The van der Waals surface area contributed by atoms with Gasteiger partial charge in [0.25, 0.3) is 0 Å². The van der Waals surface area contributed by atoms with Gasteiger partial charge < -0.3 is 16.2 Å². The van der Waals surface area contributed by atoms with Gasteiger partial charge in [-0.05, 0) is 43.1 Å². The van der Waals surface area contributed by atoms with Crippen molar-refractivity contribution in [2.45, 2.75) is 19.4 Å². The SMILES string of the molecule is Cc1ccc(Br)cc1CCNCC(N)CO. The highest BCUT2D eigenvalue weighted by molar-refractivity contribution is 9.10. The number of nitrogens with two attached hydrogens (primary N) is 1. The molecular formula is C12H19BrN2O. The van der Waals surface area contributed by atoms with Crippen LogP contribution in [0.15, 0.2) is 22.7 Å². The fourth-order valence-corrected chi connectivity index (χ4v) is 1.89. The molecule has 4 heteroatoms. The van der Waals surface area contributed by atoms with Crippen LogP contribution in [0, 0.1) is 6.92 Å². The monoisotopic (exact) mass is 286 g/mol. The first-order chi connectivity index (χ1) is 7.63. The first-order valence-electron chi connectivity index (χ1n) is 5.45. The lowest BCUT2D eigenvalue weighted by Gasteiger charge is -2.11. The molecule has 0 radical (unpaired) electrons. The fraction of sp³-hybridized carbons (Fsp3) is 0.500. The van der Waals surface area contributed by atoms with Crippen LogP contribution in [-0.4, -0.2) is 30.8 Å². The van der Waals surface area contributed by atoms with Crippen molar-refractivity contribution in [3.8, 4) is 0 Å². The average molecular weight is 287 g/mol. The van der Waals surface area contributed by atoms with E-state index in [2.05, 4.69) is 40.3 Å². The molecule has 0 aliphatic carbocycles. The van der Waals surface area contributed by atoms with Gasteiger partial charge in [0.05, 0.1) is 6.61 Å². The summed E-state index contributed by atoms with van der Waals surface area (Å²) < 4.78 is 1.11. The molecule has 0 heterocycles. The van der Waals surface area contributed by atoms with Crippen molar-refractivity contribution in [3.05, 3.63) is 33.8 Å². The Morgan fingerprint density at radius 1 is 1.50 bits per heavy atom. The second kappa shape index (κ2) is 7.01. The van der Waals surface area contributed by atoms with Gasteiger partial charge in [-0.1, -0.05) is 22.0 Å². The first-order valence-corrected chi connectivity index (χ1v) is 6.25. The summed E-state index contributed by atoms with van der Waals surface area (Å²) >= 11 is 3.47. The predicted octanol–water partition coefficient (Wildman–Crippen LogP) is 1.21. The fourth-order valence-electron chi connectivity index (χ4n) is 1.48. The molecule has 0 aliphatic rings. The molecule has 3 nitrogen and oxygen atoms in total. The number of hydrogen-bond acceptors (Lipinski definition) is 3. The topological polar surface area (TPSA) is 58.3 Å². The third kappa shape index (κ3) is 4.61. The summed E-state index contributed by atoms with van der Waals surface area (Å²) in [5.74, 6) is 0. The number of aryl methyl sites for hydroxylation is 1. The second-order valence-corrected chi connectivity index (χ2v) is 4.88. The summed E-state index contributed by atoms with van der Waals surface area (Å²) in [6, 6.07) is 6.14. The Bertz CT molecular complexity index is 331. The lowest BCUT2D eigenvalue weighted by molar-refractivity contribution is 0.262. The van der Waals surface area contributed by atoms with Crippen LogP contribution < -0.4 is 11.1 Å². The zero-order valence-corrected chi connectivity index (χ0v) is 11.1. The van der Waals surface area contributed by atoms with E-state index in [9.17, 15) is 0 Å². The molecule has 1 aromatic rings. The lowest BCUT2D eigenvalue weighted by Crippen LogP contribution is -2.37. The van der Waals surface area contributed by atoms with Crippen LogP contribution in [0.2, 0.25) is 0 Å². The Balaban J connectivity index is 2.34. The maximum Gasteiger partial charge on any atom is 0.0594 e. The molecule has 0 saturated carbocycles. The van der Waals surface area contributed by atoms with Crippen LogP contribution in [-0.2, 0) is 6.42 Å². The molecule has 1 unspecified atom stereocenters. The van der Waals surface area contributed by atoms with E-state index in [-0.39, 0.29) is 12.6 Å². The highest BCUT2D eigenvalue weighted by atomic mass is 79.9. The molecule has 0 bridgehead atoms. The van der Waals surface area contributed by atoms with Gasteiger partial charge in [-0.2, -0.15) is 0 Å². The number of aliphatic hydroxyl groups is 1. The van der Waals surface area contributed by atoms with E-state index < -0.39 is 0 Å². The van der Waals surface area contributed by atoms with Gasteiger partial charge in [0.1, 0.15) is 0 Å². The maximum atomic E-state index is 8.76. The molecular weight excluding hydrogens is 268 g/mol. The van der Waals surface area contributed by atoms with Crippen molar-refractivity contribution in [2.24, 2.45) is 5.73 Å². The Kier molecular flexibility index (Phi) is 5.98. The van der Waals surface area contributed by atoms with E-state index in [4.69, 9.17) is 10.8 Å². The minimum atomic E-state index is -0.163. The van der Waals surface area contributed by atoms with E-state index in [1.807, 2.05) is 6.07 Å². The molecule has 90 valence electrons. The zero-order valence-electron chi connectivity index (χ0n) is 9.54. The molecule has 0 aromatic heterocycles. The summed E-state index contributed by atoms with van der Waals surface area (Å²) in [4.78, 5) is 0. The number of aliphatic hydroxyl groups excluding tert-OH is 1. The largest absolute Gasteiger partial charge is 0.395 e. The molecule has 4 N–H and O–H groups in total. The normalized spacial score (nSPS) is 12.8. The quantitative estimate of drug-likeness (QED) is 0.689. The molecule has 0 aliphatic heterocycles. The number of benzene rings is 1. The van der Waals surface area contributed by atoms with Crippen molar-refractivity contribution in [1.29, 1.82) is 0 Å². The van der Waals surface area contributed by atoms with E-state index in [1.165, 1.54) is 11.1 Å². The van der Waals surface area contributed by atoms with E-state index in [0.717, 1.165) is 17.4 Å². The van der Waals surface area contributed by atoms with E-state index in [1.54, 1.807) is 0 Å². The summed E-state index contributed by atoms with van der Waals surface area (Å²) in [6.45, 7) is 3.68. The van der Waals surface area contributed by atoms with Crippen LogP contribution in [0.3, 0.4) is 0 Å². The molecule has 1 aromatic carbocycles. The average Bonchev–Trinajstić information content (AvgIpc) is 2.28. The minimum absolute atomic E-state index is 0.0307. The Morgan fingerprint density at radius 2 is 2.25 bits per heavy atom. The summed E-state index contributed by atoms with van der Waals surface area (Å²) in [5.41, 5.74) is 8.22. The van der Waals surface area contributed by atoms with Gasteiger partial charge in [0.15, 0.2) is 0 Å². The van der Waals surface area contributed by atoms with Crippen molar-refractivity contribution in [2.75, 3.05) is 19.7 Å². The van der Waals surface area contributed by atoms with Crippen LogP contribution in [0.5, 0.6) is 0 Å². The van der Waals surface area contributed by atoms with Crippen LogP contribution >= 0.6 is 15.9 Å². The van der Waals surface area contributed by atoms with Crippen molar-refractivity contribution < 1.29 is 5.11 Å². The van der Waals surface area contributed by atoms with E-state index in [0.29, 0.717) is 6.54 Å². The summed E-state index contributed by atoms with van der Waals surface area (Å²) in [5, 5.41) is 12.0. The predicted molar refractivity (Wildman–Crippen MR) is 70.5 cm³/mol. The second-order valence-electron chi connectivity index (χ2n) is 3.97. The standard InChI is InChI=1S/C12H19BrN2O/c1-9-2-3-11(13)6-10(9)4-5-15-7-12(14)8-16/h2-3,6,12,15-16H,4-5,7-8,14H2,1H3. The van der Waals surface area contributed by atoms with Crippen molar-refractivity contribution in [3.63, 3.8) is 0 Å². The third-order valence-electron chi connectivity index (χ3n) is 2.52. The van der Waals surface area contributed by atoms with Crippen LogP contribution in [0.4, 0.5) is 0 Å². The minimum Gasteiger partial charge on any atom is -0.395 e. The smallest absolute Gasteiger partial charge is 0.0594 e. The summed E-state index contributed by atoms with van der Waals surface area (Å²) in [7, 11) is 0. The Labute approximate surface area is 105 Å². The van der Waals surface area contributed by atoms with Crippen LogP contribution in [0.25, 0.3) is 0 Å². The molecule has 0 fully saturated rings.